The van der Waals surface area contributed by atoms with Gasteiger partial charge in [0.05, 0.1) is 5.69 Å². The topological polar surface area (TPSA) is 43.8 Å². The van der Waals surface area contributed by atoms with E-state index in [0.29, 0.717) is 0 Å². The Labute approximate surface area is 66.2 Å². The van der Waals surface area contributed by atoms with Crippen LogP contribution in [0.5, 0.6) is 0 Å². The standard InChI is InChI=1S/C8H13N3/c9-11-5-4-8(10-11)6-7-2-1-3-7/h4-5,7H,1-3,6,9H2. The number of hydrogen-bond donors (Lipinski definition) is 1. The van der Waals surface area contributed by atoms with Crippen LogP contribution in [-0.4, -0.2) is 9.89 Å². The Bertz CT molecular complexity index is 237. The van der Waals surface area contributed by atoms with Gasteiger partial charge in [0, 0.05) is 6.20 Å². The average molecular weight is 151 g/mol. The molecule has 0 aromatic carbocycles. The van der Waals surface area contributed by atoms with E-state index in [9.17, 15) is 0 Å². The van der Waals surface area contributed by atoms with E-state index in [1.54, 1.807) is 6.20 Å². The second-order valence-corrected chi connectivity index (χ2v) is 3.29. The predicted molar refractivity (Wildman–Crippen MR) is 43.4 cm³/mol. The lowest BCUT2D eigenvalue weighted by atomic mass is 9.82. The zero-order valence-corrected chi connectivity index (χ0v) is 6.53. The maximum absolute atomic E-state index is 5.42. The molecule has 0 saturated heterocycles. The molecular formula is C8H13N3. The van der Waals surface area contributed by atoms with E-state index in [0.717, 1.165) is 18.0 Å². The van der Waals surface area contributed by atoms with Crippen LogP contribution >= 0.6 is 0 Å². The predicted octanol–water partition coefficient (Wildman–Crippen LogP) is 0.939. The van der Waals surface area contributed by atoms with E-state index in [1.807, 2.05) is 6.07 Å². The Balaban J connectivity index is 1.95. The quantitative estimate of drug-likeness (QED) is 0.639. The van der Waals surface area contributed by atoms with E-state index in [-0.39, 0.29) is 0 Å². The molecule has 1 aliphatic carbocycles. The Morgan fingerprint density at radius 1 is 1.64 bits per heavy atom. The van der Waals surface area contributed by atoms with Crippen molar-refractivity contribution in [3.05, 3.63) is 18.0 Å². The normalized spacial score (nSPS) is 18.2. The van der Waals surface area contributed by atoms with Gasteiger partial charge in [-0.2, -0.15) is 9.89 Å². The highest BCUT2D eigenvalue weighted by atomic mass is 15.5. The lowest BCUT2D eigenvalue weighted by Gasteiger charge is -2.23. The van der Waals surface area contributed by atoms with Crippen molar-refractivity contribution in [2.24, 2.45) is 5.92 Å². The summed E-state index contributed by atoms with van der Waals surface area (Å²) < 4.78 is 0. The summed E-state index contributed by atoms with van der Waals surface area (Å²) in [7, 11) is 0. The minimum absolute atomic E-state index is 0.880. The highest BCUT2D eigenvalue weighted by Gasteiger charge is 2.18. The van der Waals surface area contributed by atoms with Crippen molar-refractivity contribution in [2.75, 3.05) is 5.84 Å². The number of aromatic nitrogens is 2. The summed E-state index contributed by atoms with van der Waals surface area (Å²) in [5.41, 5.74) is 1.14. The van der Waals surface area contributed by atoms with Crippen LogP contribution in [0, 0.1) is 5.92 Å². The van der Waals surface area contributed by atoms with Gasteiger partial charge in [-0.15, -0.1) is 0 Å². The average Bonchev–Trinajstić information content (AvgIpc) is 2.27. The Kier molecular flexibility index (Phi) is 1.56. The lowest BCUT2D eigenvalue weighted by molar-refractivity contribution is 0.311. The molecule has 1 saturated carbocycles. The van der Waals surface area contributed by atoms with Crippen molar-refractivity contribution in [1.29, 1.82) is 0 Å². The summed E-state index contributed by atoms with van der Waals surface area (Å²) in [4.78, 5) is 1.38. The zero-order valence-electron chi connectivity index (χ0n) is 6.53. The van der Waals surface area contributed by atoms with Crippen LogP contribution in [-0.2, 0) is 6.42 Å². The van der Waals surface area contributed by atoms with Crippen LogP contribution < -0.4 is 5.84 Å². The van der Waals surface area contributed by atoms with Gasteiger partial charge in [-0.3, -0.25) is 0 Å². The molecule has 0 atom stereocenters. The van der Waals surface area contributed by atoms with Crippen molar-refractivity contribution in [3.8, 4) is 0 Å². The molecule has 0 aliphatic heterocycles. The Hall–Kier alpha value is -0.990. The molecule has 1 aromatic rings. The molecule has 60 valence electrons. The number of nitrogens with two attached hydrogens (primary N) is 1. The summed E-state index contributed by atoms with van der Waals surface area (Å²) in [5.74, 6) is 6.30. The first-order valence-corrected chi connectivity index (χ1v) is 4.14. The largest absolute Gasteiger partial charge is 0.323 e. The molecule has 1 aromatic heterocycles. The van der Waals surface area contributed by atoms with E-state index < -0.39 is 0 Å². The SMILES string of the molecule is Nn1ccc(CC2CCC2)n1. The fraction of sp³-hybridized carbons (Fsp3) is 0.625. The van der Waals surface area contributed by atoms with Crippen LogP contribution in [0.1, 0.15) is 25.0 Å². The monoisotopic (exact) mass is 151 g/mol. The molecule has 1 heterocycles. The summed E-state index contributed by atoms with van der Waals surface area (Å²) >= 11 is 0. The van der Waals surface area contributed by atoms with E-state index in [1.165, 1.54) is 24.1 Å². The van der Waals surface area contributed by atoms with Crippen molar-refractivity contribution >= 4 is 0 Å². The van der Waals surface area contributed by atoms with Crippen LogP contribution in [0.4, 0.5) is 0 Å². The second kappa shape index (κ2) is 2.57. The Morgan fingerprint density at radius 3 is 2.91 bits per heavy atom. The van der Waals surface area contributed by atoms with Gasteiger partial charge < -0.3 is 5.84 Å². The minimum Gasteiger partial charge on any atom is -0.323 e. The first kappa shape index (κ1) is 6.70. The summed E-state index contributed by atoms with van der Waals surface area (Å²) in [6.45, 7) is 0. The smallest absolute Gasteiger partial charge is 0.0648 e. The summed E-state index contributed by atoms with van der Waals surface area (Å²) in [5, 5.41) is 4.13. The number of hydrogen-bond acceptors (Lipinski definition) is 2. The van der Waals surface area contributed by atoms with Gasteiger partial charge in [0.25, 0.3) is 0 Å². The molecule has 11 heavy (non-hydrogen) atoms. The van der Waals surface area contributed by atoms with E-state index >= 15 is 0 Å². The summed E-state index contributed by atoms with van der Waals surface area (Å²) in [6.07, 6.45) is 7.06. The molecule has 2 N–H and O–H groups in total. The molecular weight excluding hydrogens is 138 g/mol. The van der Waals surface area contributed by atoms with Crippen molar-refractivity contribution in [2.45, 2.75) is 25.7 Å². The summed E-state index contributed by atoms with van der Waals surface area (Å²) in [6, 6.07) is 2.00. The zero-order chi connectivity index (χ0) is 7.68. The lowest BCUT2D eigenvalue weighted by Crippen LogP contribution is -2.15. The fourth-order valence-corrected chi connectivity index (χ4v) is 1.48. The molecule has 1 fully saturated rings. The molecule has 1 aliphatic rings. The number of nitrogen functional groups attached to an aromatic ring is 1. The van der Waals surface area contributed by atoms with Gasteiger partial charge in [0.1, 0.15) is 0 Å². The van der Waals surface area contributed by atoms with Crippen molar-refractivity contribution in [3.63, 3.8) is 0 Å². The van der Waals surface area contributed by atoms with E-state index in [2.05, 4.69) is 5.10 Å². The molecule has 2 rings (SSSR count). The van der Waals surface area contributed by atoms with Crippen LogP contribution in [0.2, 0.25) is 0 Å². The van der Waals surface area contributed by atoms with Crippen LogP contribution in [0.3, 0.4) is 0 Å². The van der Waals surface area contributed by atoms with Gasteiger partial charge in [-0.1, -0.05) is 19.3 Å². The molecule has 0 bridgehead atoms. The maximum Gasteiger partial charge on any atom is 0.0648 e. The third-order valence-corrected chi connectivity index (χ3v) is 2.39. The maximum atomic E-state index is 5.42. The minimum atomic E-state index is 0.880. The molecule has 0 amide bonds. The van der Waals surface area contributed by atoms with Gasteiger partial charge in [0.2, 0.25) is 0 Å². The fourth-order valence-electron chi connectivity index (χ4n) is 1.48. The van der Waals surface area contributed by atoms with Gasteiger partial charge >= 0.3 is 0 Å². The third-order valence-electron chi connectivity index (χ3n) is 2.39. The first-order chi connectivity index (χ1) is 5.34. The third kappa shape index (κ3) is 1.37. The molecule has 0 radical (unpaired) electrons. The van der Waals surface area contributed by atoms with Crippen molar-refractivity contribution < 1.29 is 0 Å². The number of rotatable bonds is 2. The highest BCUT2D eigenvalue weighted by Crippen LogP contribution is 2.28. The van der Waals surface area contributed by atoms with Gasteiger partial charge in [-0.05, 0) is 18.4 Å². The van der Waals surface area contributed by atoms with Crippen molar-refractivity contribution in [1.82, 2.24) is 9.89 Å². The first-order valence-electron chi connectivity index (χ1n) is 4.14. The molecule has 0 unspecified atom stereocenters. The Morgan fingerprint density at radius 2 is 2.45 bits per heavy atom. The molecule has 3 nitrogen and oxygen atoms in total. The van der Waals surface area contributed by atoms with Crippen LogP contribution in [0.25, 0.3) is 0 Å². The second-order valence-electron chi connectivity index (χ2n) is 3.29. The van der Waals surface area contributed by atoms with Gasteiger partial charge in [0.15, 0.2) is 0 Å². The van der Waals surface area contributed by atoms with Gasteiger partial charge in [-0.25, -0.2) is 0 Å². The van der Waals surface area contributed by atoms with Crippen LogP contribution in [0.15, 0.2) is 12.3 Å². The molecule has 0 spiro atoms. The molecule has 3 heteroatoms. The number of nitrogens with zero attached hydrogens (tertiary/aromatic N) is 2. The highest BCUT2D eigenvalue weighted by molar-refractivity contribution is 5.01. The van der Waals surface area contributed by atoms with E-state index in [4.69, 9.17) is 5.84 Å².